The summed E-state index contributed by atoms with van der Waals surface area (Å²) in [5.41, 5.74) is 2.43. The van der Waals surface area contributed by atoms with E-state index in [1.165, 1.54) is 0 Å². The standard InChI is InChI=1S/C15H17ClN2O3/c1-8-14(15(20-3)18(2)17-8)13-7-11(19)10-6-9(16)4-5-12(10)21-13/h4-6,11,13,19H,7H2,1-3H3/t11-,13?/m0/s1. The molecule has 0 amide bonds. The number of hydrogen-bond acceptors (Lipinski definition) is 4. The molecule has 1 N–H and O–H groups in total. The topological polar surface area (TPSA) is 56.5 Å². The number of nitrogens with zero attached hydrogens (tertiary/aromatic N) is 2. The van der Waals surface area contributed by atoms with Crippen molar-refractivity contribution in [2.24, 2.45) is 7.05 Å². The van der Waals surface area contributed by atoms with Gasteiger partial charge in [0, 0.05) is 24.1 Å². The predicted molar refractivity (Wildman–Crippen MR) is 78.9 cm³/mol. The van der Waals surface area contributed by atoms with Crippen LogP contribution in [0.3, 0.4) is 0 Å². The number of aliphatic hydroxyl groups is 1. The summed E-state index contributed by atoms with van der Waals surface area (Å²) >= 11 is 5.97. The lowest BCUT2D eigenvalue weighted by atomic mass is 9.95. The maximum absolute atomic E-state index is 10.4. The van der Waals surface area contributed by atoms with Crippen molar-refractivity contribution in [1.82, 2.24) is 9.78 Å². The SMILES string of the molecule is COc1c(C2C[C@H](O)c3cc(Cl)ccc3O2)c(C)nn1C. The monoisotopic (exact) mass is 308 g/mol. The Morgan fingerprint density at radius 1 is 1.48 bits per heavy atom. The Morgan fingerprint density at radius 2 is 2.24 bits per heavy atom. The van der Waals surface area contributed by atoms with Crippen LogP contribution in [0.1, 0.15) is 35.4 Å². The Hall–Kier alpha value is -1.72. The van der Waals surface area contributed by atoms with Crippen molar-refractivity contribution in [2.45, 2.75) is 25.6 Å². The largest absolute Gasteiger partial charge is 0.485 e. The van der Waals surface area contributed by atoms with Crippen LogP contribution in [0, 0.1) is 6.92 Å². The fourth-order valence-electron chi connectivity index (χ4n) is 2.86. The number of aryl methyl sites for hydroxylation is 2. The summed E-state index contributed by atoms with van der Waals surface area (Å²) in [5.74, 6) is 1.30. The zero-order valence-electron chi connectivity index (χ0n) is 12.1. The van der Waals surface area contributed by atoms with Gasteiger partial charge in [0.25, 0.3) is 0 Å². The zero-order chi connectivity index (χ0) is 15.1. The molecule has 0 saturated carbocycles. The molecule has 0 saturated heterocycles. The van der Waals surface area contributed by atoms with Gasteiger partial charge in [0.05, 0.1) is 24.5 Å². The molecule has 2 heterocycles. The van der Waals surface area contributed by atoms with E-state index in [1.807, 2.05) is 14.0 Å². The van der Waals surface area contributed by atoms with Crippen LogP contribution >= 0.6 is 11.6 Å². The Labute approximate surface area is 128 Å². The minimum Gasteiger partial charge on any atom is -0.485 e. The fraction of sp³-hybridized carbons (Fsp3) is 0.400. The van der Waals surface area contributed by atoms with Gasteiger partial charge in [-0.05, 0) is 25.1 Å². The minimum absolute atomic E-state index is 0.294. The van der Waals surface area contributed by atoms with Crippen molar-refractivity contribution >= 4 is 11.6 Å². The highest BCUT2D eigenvalue weighted by molar-refractivity contribution is 6.30. The number of ether oxygens (including phenoxy) is 2. The average molecular weight is 309 g/mol. The average Bonchev–Trinajstić information content (AvgIpc) is 2.73. The van der Waals surface area contributed by atoms with Gasteiger partial charge in [-0.15, -0.1) is 0 Å². The fourth-order valence-corrected chi connectivity index (χ4v) is 3.04. The van der Waals surface area contributed by atoms with E-state index in [0.717, 1.165) is 16.8 Å². The molecule has 1 aliphatic rings. The molecule has 1 aromatic carbocycles. The van der Waals surface area contributed by atoms with E-state index in [9.17, 15) is 5.11 Å². The number of aromatic nitrogens is 2. The van der Waals surface area contributed by atoms with E-state index in [1.54, 1.807) is 30.0 Å². The number of rotatable bonds is 2. The van der Waals surface area contributed by atoms with Crippen LogP contribution in [0.4, 0.5) is 0 Å². The maximum atomic E-state index is 10.4. The second-order valence-corrected chi connectivity index (χ2v) is 5.61. The molecule has 1 aromatic heterocycles. The summed E-state index contributed by atoms with van der Waals surface area (Å²) in [7, 11) is 3.43. The molecule has 2 aromatic rings. The number of aliphatic hydroxyl groups excluding tert-OH is 1. The molecule has 1 unspecified atom stereocenters. The minimum atomic E-state index is -0.623. The van der Waals surface area contributed by atoms with Crippen LogP contribution in [-0.2, 0) is 7.05 Å². The summed E-state index contributed by atoms with van der Waals surface area (Å²) in [6.45, 7) is 1.91. The van der Waals surface area contributed by atoms with Gasteiger partial charge < -0.3 is 14.6 Å². The quantitative estimate of drug-likeness (QED) is 0.926. The Bertz CT molecular complexity index is 684. The van der Waals surface area contributed by atoms with Gasteiger partial charge >= 0.3 is 0 Å². The van der Waals surface area contributed by atoms with Crippen molar-refractivity contribution in [1.29, 1.82) is 0 Å². The predicted octanol–water partition coefficient (Wildman–Crippen LogP) is 2.95. The van der Waals surface area contributed by atoms with Gasteiger partial charge in [0.1, 0.15) is 11.9 Å². The van der Waals surface area contributed by atoms with Crippen molar-refractivity contribution in [3.05, 3.63) is 40.0 Å². The Balaban J connectivity index is 2.02. The number of benzene rings is 1. The molecular weight excluding hydrogens is 292 g/mol. The number of halogens is 1. The van der Waals surface area contributed by atoms with Crippen LogP contribution in [-0.4, -0.2) is 22.0 Å². The highest BCUT2D eigenvalue weighted by Crippen LogP contribution is 2.44. The molecule has 0 fully saturated rings. The molecule has 6 heteroatoms. The van der Waals surface area contributed by atoms with Gasteiger partial charge in [0.15, 0.2) is 0 Å². The summed E-state index contributed by atoms with van der Waals surface area (Å²) in [6, 6.07) is 5.28. The number of hydrogen-bond donors (Lipinski definition) is 1. The first kappa shape index (κ1) is 14.2. The first-order chi connectivity index (χ1) is 10.0. The van der Waals surface area contributed by atoms with Gasteiger partial charge in [-0.3, -0.25) is 0 Å². The lowest BCUT2D eigenvalue weighted by Gasteiger charge is -2.30. The molecular formula is C15H17ClN2O3. The summed E-state index contributed by atoms with van der Waals surface area (Å²) in [6.07, 6.45) is -0.477. The summed E-state index contributed by atoms with van der Waals surface area (Å²) in [4.78, 5) is 0. The molecule has 0 spiro atoms. The van der Waals surface area contributed by atoms with Crippen LogP contribution in [0.25, 0.3) is 0 Å². The lowest BCUT2D eigenvalue weighted by Crippen LogP contribution is -2.20. The first-order valence-corrected chi connectivity index (χ1v) is 7.10. The van der Waals surface area contributed by atoms with Crippen molar-refractivity contribution in [3.63, 3.8) is 0 Å². The summed E-state index contributed by atoms with van der Waals surface area (Å²) in [5, 5.41) is 15.3. The van der Waals surface area contributed by atoms with Gasteiger partial charge in [-0.2, -0.15) is 5.10 Å². The smallest absolute Gasteiger partial charge is 0.218 e. The van der Waals surface area contributed by atoms with Crippen LogP contribution in [0.15, 0.2) is 18.2 Å². The van der Waals surface area contributed by atoms with Gasteiger partial charge in [-0.1, -0.05) is 11.6 Å². The number of fused-ring (bicyclic) bond motifs is 1. The lowest BCUT2D eigenvalue weighted by molar-refractivity contribution is 0.0641. The van der Waals surface area contributed by atoms with Gasteiger partial charge in [-0.25, -0.2) is 4.68 Å². The molecule has 5 nitrogen and oxygen atoms in total. The molecule has 112 valence electrons. The third-order valence-electron chi connectivity index (χ3n) is 3.77. The Morgan fingerprint density at radius 3 is 2.95 bits per heavy atom. The molecule has 0 bridgehead atoms. The maximum Gasteiger partial charge on any atom is 0.218 e. The molecule has 2 atom stereocenters. The van der Waals surface area contributed by atoms with Crippen molar-refractivity contribution < 1.29 is 14.6 Å². The molecule has 0 radical (unpaired) electrons. The second kappa shape index (κ2) is 5.24. The van der Waals surface area contributed by atoms with E-state index in [-0.39, 0.29) is 6.10 Å². The molecule has 21 heavy (non-hydrogen) atoms. The first-order valence-electron chi connectivity index (χ1n) is 6.73. The molecule has 3 rings (SSSR count). The van der Waals surface area contributed by atoms with Gasteiger partial charge in [0.2, 0.25) is 5.88 Å². The zero-order valence-corrected chi connectivity index (χ0v) is 12.9. The van der Waals surface area contributed by atoms with Crippen LogP contribution in [0.5, 0.6) is 11.6 Å². The van der Waals surface area contributed by atoms with E-state index in [2.05, 4.69) is 5.10 Å². The van der Waals surface area contributed by atoms with E-state index >= 15 is 0 Å². The van der Waals surface area contributed by atoms with Crippen molar-refractivity contribution in [2.75, 3.05) is 7.11 Å². The van der Waals surface area contributed by atoms with E-state index in [4.69, 9.17) is 21.1 Å². The highest BCUT2D eigenvalue weighted by atomic mass is 35.5. The van der Waals surface area contributed by atoms with E-state index < -0.39 is 6.10 Å². The highest BCUT2D eigenvalue weighted by Gasteiger charge is 2.33. The van der Waals surface area contributed by atoms with Crippen molar-refractivity contribution in [3.8, 4) is 11.6 Å². The number of methoxy groups -OCH3 is 1. The second-order valence-electron chi connectivity index (χ2n) is 5.17. The molecule has 0 aliphatic carbocycles. The molecule has 1 aliphatic heterocycles. The third kappa shape index (κ3) is 2.36. The van der Waals surface area contributed by atoms with Crippen LogP contribution in [0.2, 0.25) is 5.02 Å². The third-order valence-corrected chi connectivity index (χ3v) is 4.00. The van der Waals surface area contributed by atoms with E-state index in [0.29, 0.717) is 23.1 Å². The van der Waals surface area contributed by atoms with Crippen LogP contribution < -0.4 is 9.47 Å². The Kier molecular flexibility index (Phi) is 3.55. The summed E-state index contributed by atoms with van der Waals surface area (Å²) < 4.78 is 13.1. The normalized spacial score (nSPS) is 20.8.